The summed E-state index contributed by atoms with van der Waals surface area (Å²) in [7, 11) is -2.89. The molecule has 23 heavy (non-hydrogen) atoms. The van der Waals surface area contributed by atoms with Crippen LogP contribution in [0.4, 0.5) is 0 Å². The van der Waals surface area contributed by atoms with Gasteiger partial charge in [-0.3, -0.25) is 4.90 Å². The molecule has 1 heterocycles. The monoisotopic (exact) mass is 338 g/mol. The molecular formula is C18H30N2O2S. The van der Waals surface area contributed by atoms with Crippen molar-refractivity contribution in [1.29, 1.82) is 0 Å². The SMILES string of the molecule is Cc1ccccc1CN1CCN(CCCS(=O)(=O)C(C)C)CC1. The predicted molar refractivity (Wildman–Crippen MR) is 96.4 cm³/mol. The zero-order valence-electron chi connectivity index (χ0n) is 14.7. The van der Waals surface area contributed by atoms with Gasteiger partial charge >= 0.3 is 0 Å². The highest BCUT2D eigenvalue weighted by Crippen LogP contribution is 2.13. The largest absolute Gasteiger partial charge is 0.301 e. The highest BCUT2D eigenvalue weighted by Gasteiger charge is 2.19. The normalized spacial score (nSPS) is 17.7. The van der Waals surface area contributed by atoms with Crippen LogP contribution in [0.5, 0.6) is 0 Å². The summed E-state index contributed by atoms with van der Waals surface area (Å²) in [5.74, 6) is 0.314. The van der Waals surface area contributed by atoms with Gasteiger partial charge in [0, 0.05) is 32.7 Å². The van der Waals surface area contributed by atoms with Crippen LogP contribution in [0.3, 0.4) is 0 Å². The van der Waals surface area contributed by atoms with Crippen LogP contribution in [0.1, 0.15) is 31.4 Å². The van der Waals surface area contributed by atoms with Crippen LogP contribution < -0.4 is 0 Å². The van der Waals surface area contributed by atoms with Crippen LogP contribution in [0.2, 0.25) is 0 Å². The molecule has 0 unspecified atom stereocenters. The van der Waals surface area contributed by atoms with Crippen molar-refractivity contribution in [3.63, 3.8) is 0 Å². The van der Waals surface area contributed by atoms with E-state index in [4.69, 9.17) is 0 Å². The van der Waals surface area contributed by atoms with Gasteiger partial charge in [-0.25, -0.2) is 8.42 Å². The van der Waals surface area contributed by atoms with Crippen molar-refractivity contribution in [3.8, 4) is 0 Å². The smallest absolute Gasteiger partial charge is 0.152 e. The second kappa shape index (κ2) is 8.27. The average molecular weight is 339 g/mol. The third-order valence-corrected chi connectivity index (χ3v) is 7.04. The number of rotatable bonds is 7. The molecule has 0 N–H and O–H groups in total. The van der Waals surface area contributed by atoms with Gasteiger partial charge in [-0.1, -0.05) is 24.3 Å². The molecule has 4 nitrogen and oxygen atoms in total. The van der Waals surface area contributed by atoms with Gasteiger partial charge in [0.2, 0.25) is 0 Å². The van der Waals surface area contributed by atoms with Crippen LogP contribution in [0, 0.1) is 6.92 Å². The van der Waals surface area contributed by atoms with E-state index in [2.05, 4.69) is 41.0 Å². The van der Waals surface area contributed by atoms with Crippen LogP contribution >= 0.6 is 0 Å². The Bertz CT molecular complexity index is 591. The van der Waals surface area contributed by atoms with Gasteiger partial charge in [-0.15, -0.1) is 0 Å². The fraction of sp³-hybridized carbons (Fsp3) is 0.667. The first-order valence-electron chi connectivity index (χ1n) is 8.59. The van der Waals surface area contributed by atoms with Gasteiger partial charge in [0.1, 0.15) is 0 Å². The van der Waals surface area contributed by atoms with E-state index in [0.717, 1.165) is 45.7 Å². The number of aryl methyl sites for hydroxylation is 1. The molecule has 1 aromatic rings. The zero-order valence-corrected chi connectivity index (χ0v) is 15.5. The van der Waals surface area contributed by atoms with Gasteiger partial charge in [-0.2, -0.15) is 0 Å². The third-order valence-electron chi connectivity index (χ3n) is 4.74. The molecule has 0 aromatic heterocycles. The highest BCUT2D eigenvalue weighted by atomic mass is 32.2. The minimum Gasteiger partial charge on any atom is -0.301 e. The van der Waals surface area contributed by atoms with Gasteiger partial charge in [-0.05, 0) is 44.9 Å². The number of piperazine rings is 1. The first-order valence-corrected chi connectivity index (χ1v) is 10.3. The molecule has 1 aliphatic rings. The number of sulfone groups is 1. The van der Waals surface area contributed by atoms with E-state index in [9.17, 15) is 8.42 Å². The molecule has 1 saturated heterocycles. The molecule has 0 atom stereocenters. The van der Waals surface area contributed by atoms with Crippen molar-refractivity contribution in [2.45, 2.75) is 39.0 Å². The topological polar surface area (TPSA) is 40.6 Å². The molecule has 1 fully saturated rings. The fourth-order valence-corrected chi connectivity index (χ4v) is 3.93. The molecular weight excluding hydrogens is 308 g/mol. The Labute approximate surface area is 141 Å². The Balaban J connectivity index is 1.71. The number of hydrogen-bond acceptors (Lipinski definition) is 4. The molecule has 1 aromatic carbocycles. The third kappa shape index (κ3) is 5.59. The number of nitrogens with zero attached hydrogens (tertiary/aromatic N) is 2. The number of benzene rings is 1. The van der Waals surface area contributed by atoms with Crippen molar-refractivity contribution < 1.29 is 8.42 Å². The van der Waals surface area contributed by atoms with Gasteiger partial charge in [0.25, 0.3) is 0 Å². The quantitative estimate of drug-likeness (QED) is 0.765. The van der Waals surface area contributed by atoms with E-state index < -0.39 is 9.84 Å². The van der Waals surface area contributed by atoms with E-state index in [1.54, 1.807) is 13.8 Å². The first-order chi connectivity index (χ1) is 10.9. The van der Waals surface area contributed by atoms with Crippen LogP contribution in [0.15, 0.2) is 24.3 Å². The molecule has 0 radical (unpaired) electrons. The lowest BCUT2D eigenvalue weighted by molar-refractivity contribution is 0.127. The Morgan fingerprint density at radius 1 is 1.04 bits per heavy atom. The minimum absolute atomic E-state index is 0.256. The molecule has 0 bridgehead atoms. The minimum atomic E-state index is -2.89. The Morgan fingerprint density at radius 3 is 2.26 bits per heavy atom. The molecule has 0 aliphatic carbocycles. The van der Waals surface area contributed by atoms with Crippen LogP contribution in [-0.2, 0) is 16.4 Å². The van der Waals surface area contributed by atoms with Crippen LogP contribution in [0.25, 0.3) is 0 Å². The van der Waals surface area contributed by atoms with Crippen molar-refractivity contribution >= 4 is 9.84 Å². The molecule has 130 valence electrons. The summed E-state index contributed by atoms with van der Waals surface area (Å²) in [6.45, 7) is 11.8. The molecule has 1 aliphatic heterocycles. The maximum absolute atomic E-state index is 11.8. The predicted octanol–water partition coefficient (Wildman–Crippen LogP) is 2.33. The lowest BCUT2D eigenvalue weighted by Gasteiger charge is -2.35. The Kier molecular flexibility index (Phi) is 6.62. The van der Waals surface area contributed by atoms with Crippen molar-refractivity contribution in [2.75, 3.05) is 38.5 Å². The summed E-state index contributed by atoms with van der Waals surface area (Å²) in [4.78, 5) is 4.88. The fourth-order valence-electron chi connectivity index (χ4n) is 2.92. The standard InChI is InChI=1S/C18H30N2O2S/c1-16(2)23(21,22)14-6-9-19-10-12-20(13-11-19)15-18-8-5-4-7-17(18)3/h4-5,7-8,16H,6,9-15H2,1-3H3. The summed E-state index contributed by atoms with van der Waals surface area (Å²) in [5.41, 5.74) is 2.76. The van der Waals surface area contributed by atoms with E-state index >= 15 is 0 Å². The summed E-state index contributed by atoms with van der Waals surface area (Å²) >= 11 is 0. The Morgan fingerprint density at radius 2 is 1.65 bits per heavy atom. The molecule has 0 spiro atoms. The zero-order chi connectivity index (χ0) is 16.9. The van der Waals surface area contributed by atoms with Gasteiger partial charge < -0.3 is 4.90 Å². The van der Waals surface area contributed by atoms with E-state index in [0.29, 0.717) is 5.75 Å². The lowest BCUT2D eigenvalue weighted by Crippen LogP contribution is -2.46. The molecule has 0 saturated carbocycles. The second-order valence-corrected chi connectivity index (χ2v) is 9.49. The van der Waals surface area contributed by atoms with E-state index in [1.165, 1.54) is 11.1 Å². The van der Waals surface area contributed by atoms with Crippen molar-refractivity contribution in [2.24, 2.45) is 0 Å². The van der Waals surface area contributed by atoms with Gasteiger partial charge in [0.15, 0.2) is 9.84 Å². The van der Waals surface area contributed by atoms with Gasteiger partial charge in [0.05, 0.1) is 11.0 Å². The maximum atomic E-state index is 11.8. The summed E-state index contributed by atoms with van der Waals surface area (Å²) in [5, 5.41) is -0.256. The second-order valence-electron chi connectivity index (χ2n) is 6.81. The van der Waals surface area contributed by atoms with Crippen molar-refractivity contribution in [1.82, 2.24) is 9.80 Å². The van der Waals surface area contributed by atoms with E-state index in [-0.39, 0.29) is 5.25 Å². The van der Waals surface area contributed by atoms with E-state index in [1.807, 2.05) is 0 Å². The Hall–Kier alpha value is -0.910. The summed E-state index contributed by atoms with van der Waals surface area (Å²) in [6, 6.07) is 8.56. The summed E-state index contributed by atoms with van der Waals surface area (Å²) in [6.07, 6.45) is 0.748. The molecule has 0 amide bonds. The van der Waals surface area contributed by atoms with Crippen molar-refractivity contribution in [3.05, 3.63) is 35.4 Å². The maximum Gasteiger partial charge on any atom is 0.152 e. The average Bonchev–Trinajstić information content (AvgIpc) is 2.51. The molecule has 2 rings (SSSR count). The first kappa shape index (κ1) is 18.4. The lowest BCUT2D eigenvalue weighted by atomic mass is 10.1. The number of hydrogen-bond donors (Lipinski definition) is 0. The highest BCUT2D eigenvalue weighted by molar-refractivity contribution is 7.91. The molecule has 5 heteroatoms. The van der Waals surface area contributed by atoms with Crippen LogP contribution in [-0.4, -0.2) is 61.9 Å². The summed E-state index contributed by atoms with van der Waals surface area (Å²) < 4.78 is 23.7.